The highest BCUT2D eigenvalue weighted by Crippen LogP contribution is 2.41. The molecule has 104 valence electrons. The molecule has 2 fully saturated rings. The summed E-state index contributed by atoms with van der Waals surface area (Å²) in [6.07, 6.45) is 3.54. The fourth-order valence-electron chi connectivity index (χ4n) is 2.78. The minimum absolute atomic E-state index is 0.195. The first-order valence-corrected chi connectivity index (χ1v) is 6.59. The molecular weight excluding hydrogens is 244 g/mol. The highest BCUT2D eigenvalue weighted by atomic mass is 16.6. The number of ether oxygens (including phenoxy) is 1. The van der Waals surface area contributed by atoms with Crippen LogP contribution in [0.4, 0.5) is 10.5 Å². The lowest BCUT2D eigenvalue weighted by molar-refractivity contribution is -0.0452. The van der Waals surface area contributed by atoms with E-state index in [0.717, 1.165) is 31.9 Å². The van der Waals surface area contributed by atoms with Crippen molar-refractivity contribution in [1.29, 1.82) is 0 Å². The van der Waals surface area contributed by atoms with Crippen LogP contribution in [0.2, 0.25) is 0 Å². The van der Waals surface area contributed by atoms with Gasteiger partial charge in [0.1, 0.15) is 5.60 Å². The van der Waals surface area contributed by atoms with Gasteiger partial charge in [0.05, 0.1) is 11.9 Å². The molecule has 2 saturated heterocycles. The molecule has 19 heavy (non-hydrogen) atoms. The Morgan fingerprint density at radius 3 is 2.58 bits per heavy atom. The zero-order valence-electron chi connectivity index (χ0n) is 11.6. The van der Waals surface area contributed by atoms with Crippen LogP contribution >= 0.6 is 0 Å². The van der Waals surface area contributed by atoms with Crippen LogP contribution in [0.3, 0.4) is 0 Å². The van der Waals surface area contributed by atoms with Crippen LogP contribution in [0.15, 0.2) is 12.4 Å². The van der Waals surface area contributed by atoms with Crippen LogP contribution in [0.25, 0.3) is 0 Å². The van der Waals surface area contributed by atoms with Crippen molar-refractivity contribution in [2.75, 3.05) is 31.1 Å². The first kappa shape index (κ1) is 12.3. The highest BCUT2D eigenvalue weighted by molar-refractivity contribution is 5.70. The van der Waals surface area contributed by atoms with Gasteiger partial charge in [0, 0.05) is 37.8 Å². The van der Waals surface area contributed by atoms with E-state index in [1.807, 2.05) is 33.2 Å². The van der Waals surface area contributed by atoms with Crippen LogP contribution < -0.4 is 4.90 Å². The van der Waals surface area contributed by atoms with Crippen LogP contribution in [-0.4, -0.2) is 53.0 Å². The van der Waals surface area contributed by atoms with Crippen molar-refractivity contribution >= 4 is 11.8 Å². The first-order chi connectivity index (χ1) is 8.87. The van der Waals surface area contributed by atoms with Crippen molar-refractivity contribution in [3.05, 3.63) is 12.4 Å². The van der Waals surface area contributed by atoms with E-state index in [1.165, 1.54) is 0 Å². The number of likely N-dealkylation sites (tertiary alicyclic amines) is 1. The predicted molar refractivity (Wildman–Crippen MR) is 71.0 cm³/mol. The molecule has 2 aliphatic heterocycles. The average molecular weight is 264 g/mol. The molecule has 6 nitrogen and oxygen atoms in total. The topological polar surface area (TPSA) is 61.5 Å². The second kappa shape index (κ2) is 3.88. The van der Waals surface area contributed by atoms with Crippen molar-refractivity contribution in [2.45, 2.75) is 26.4 Å². The summed E-state index contributed by atoms with van der Waals surface area (Å²) in [6.45, 7) is 9.27. The van der Waals surface area contributed by atoms with Gasteiger partial charge in [-0.05, 0) is 20.8 Å². The van der Waals surface area contributed by atoms with Gasteiger partial charge in [0.2, 0.25) is 0 Å². The lowest BCUT2D eigenvalue weighted by Gasteiger charge is -2.60. The number of rotatable bonds is 1. The summed E-state index contributed by atoms with van der Waals surface area (Å²) >= 11 is 0. The summed E-state index contributed by atoms with van der Waals surface area (Å²) in [5.41, 5.74) is 0.984. The second-order valence-corrected chi connectivity index (χ2v) is 6.65. The quantitative estimate of drug-likeness (QED) is 0.834. The standard InChI is InChI=1S/C13H20N4O2/c1-12(2,3)19-11(18)17-8-13(9-17)6-16(7-13)10-4-14-15-5-10/h4-5H,6-9H2,1-3H3,(H,14,15). The Morgan fingerprint density at radius 2 is 2.05 bits per heavy atom. The van der Waals surface area contributed by atoms with Crippen molar-refractivity contribution in [2.24, 2.45) is 5.41 Å². The molecule has 0 aromatic carbocycles. The van der Waals surface area contributed by atoms with Gasteiger partial charge in [0.25, 0.3) is 0 Å². The number of amides is 1. The molecule has 0 aliphatic carbocycles. The van der Waals surface area contributed by atoms with Crippen LogP contribution in [-0.2, 0) is 4.74 Å². The number of carbonyl (C=O) groups excluding carboxylic acids is 1. The molecule has 0 bridgehead atoms. The van der Waals surface area contributed by atoms with E-state index in [4.69, 9.17) is 4.74 Å². The van der Waals surface area contributed by atoms with Gasteiger partial charge in [-0.2, -0.15) is 5.10 Å². The highest BCUT2D eigenvalue weighted by Gasteiger charge is 2.54. The maximum atomic E-state index is 11.9. The van der Waals surface area contributed by atoms with Crippen LogP contribution in [0.5, 0.6) is 0 Å². The molecule has 1 spiro atoms. The van der Waals surface area contributed by atoms with E-state index in [0.29, 0.717) is 0 Å². The summed E-state index contributed by atoms with van der Waals surface area (Å²) in [6, 6.07) is 0. The Hall–Kier alpha value is -1.72. The number of hydrogen-bond acceptors (Lipinski definition) is 4. The smallest absolute Gasteiger partial charge is 0.410 e. The van der Waals surface area contributed by atoms with Gasteiger partial charge in [-0.25, -0.2) is 4.79 Å². The predicted octanol–water partition coefficient (Wildman–Crippen LogP) is 1.47. The van der Waals surface area contributed by atoms with Gasteiger partial charge in [-0.15, -0.1) is 0 Å². The van der Waals surface area contributed by atoms with Crippen molar-refractivity contribution in [1.82, 2.24) is 15.1 Å². The molecule has 1 amide bonds. The van der Waals surface area contributed by atoms with Crippen molar-refractivity contribution in [3.63, 3.8) is 0 Å². The maximum absolute atomic E-state index is 11.9. The number of carbonyl (C=O) groups is 1. The molecule has 1 aromatic rings. The van der Waals surface area contributed by atoms with Gasteiger partial charge < -0.3 is 14.5 Å². The molecular formula is C13H20N4O2. The fourth-order valence-corrected chi connectivity index (χ4v) is 2.78. The number of aromatic nitrogens is 2. The SMILES string of the molecule is CC(C)(C)OC(=O)N1CC2(C1)CN(c1cn[nH]c1)C2. The summed E-state index contributed by atoms with van der Waals surface area (Å²) in [5, 5.41) is 6.77. The van der Waals surface area contributed by atoms with Crippen LogP contribution in [0, 0.1) is 5.41 Å². The molecule has 0 saturated carbocycles. The zero-order valence-corrected chi connectivity index (χ0v) is 11.6. The zero-order chi connectivity index (χ0) is 13.7. The minimum Gasteiger partial charge on any atom is -0.444 e. The normalized spacial score (nSPS) is 21.0. The number of nitrogens with one attached hydrogen (secondary N) is 1. The van der Waals surface area contributed by atoms with E-state index in [9.17, 15) is 4.79 Å². The monoisotopic (exact) mass is 264 g/mol. The van der Waals surface area contributed by atoms with E-state index in [2.05, 4.69) is 15.1 Å². The largest absolute Gasteiger partial charge is 0.444 e. The summed E-state index contributed by atoms with van der Waals surface area (Å²) < 4.78 is 5.36. The van der Waals surface area contributed by atoms with E-state index < -0.39 is 5.60 Å². The maximum Gasteiger partial charge on any atom is 0.410 e. The number of anilines is 1. The molecule has 3 heterocycles. The van der Waals surface area contributed by atoms with E-state index in [1.54, 1.807) is 4.90 Å². The molecule has 0 unspecified atom stereocenters. The van der Waals surface area contributed by atoms with Gasteiger partial charge in [0.15, 0.2) is 0 Å². The third-order valence-electron chi connectivity index (χ3n) is 3.61. The van der Waals surface area contributed by atoms with Gasteiger partial charge >= 0.3 is 6.09 Å². The van der Waals surface area contributed by atoms with E-state index >= 15 is 0 Å². The lowest BCUT2D eigenvalue weighted by Crippen LogP contribution is -2.73. The lowest BCUT2D eigenvalue weighted by atomic mass is 9.73. The van der Waals surface area contributed by atoms with Crippen molar-refractivity contribution in [3.8, 4) is 0 Å². The Labute approximate surface area is 112 Å². The van der Waals surface area contributed by atoms with E-state index in [-0.39, 0.29) is 11.5 Å². The molecule has 6 heteroatoms. The third-order valence-corrected chi connectivity index (χ3v) is 3.61. The third kappa shape index (κ3) is 2.27. The molecule has 1 aromatic heterocycles. The number of nitrogens with zero attached hydrogens (tertiary/aromatic N) is 3. The molecule has 1 N–H and O–H groups in total. The van der Waals surface area contributed by atoms with Gasteiger partial charge in [-0.3, -0.25) is 5.10 Å². The number of H-pyrrole nitrogens is 1. The Bertz CT molecular complexity index is 463. The average Bonchev–Trinajstić information content (AvgIpc) is 2.62. The van der Waals surface area contributed by atoms with Crippen molar-refractivity contribution < 1.29 is 9.53 Å². The first-order valence-electron chi connectivity index (χ1n) is 6.59. The molecule has 0 radical (unpaired) electrons. The number of aromatic amines is 1. The molecule has 3 rings (SSSR count). The summed E-state index contributed by atoms with van der Waals surface area (Å²) in [5.74, 6) is 0. The Balaban J connectivity index is 1.48. The molecule has 2 aliphatic rings. The second-order valence-electron chi connectivity index (χ2n) is 6.65. The van der Waals surface area contributed by atoms with Crippen LogP contribution in [0.1, 0.15) is 20.8 Å². The Kier molecular flexibility index (Phi) is 2.52. The number of hydrogen-bond donors (Lipinski definition) is 1. The Morgan fingerprint density at radius 1 is 1.37 bits per heavy atom. The molecule has 0 atom stereocenters. The summed E-state index contributed by atoms with van der Waals surface area (Å²) in [4.78, 5) is 15.9. The fraction of sp³-hybridized carbons (Fsp3) is 0.692. The minimum atomic E-state index is -0.414. The summed E-state index contributed by atoms with van der Waals surface area (Å²) in [7, 11) is 0. The van der Waals surface area contributed by atoms with Gasteiger partial charge in [-0.1, -0.05) is 0 Å².